The minimum atomic E-state index is 0.824. The van der Waals surface area contributed by atoms with Gasteiger partial charge < -0.3 is 10.2 Å². The predicted molar refractivity (Wildman–Crippen MR) is 78.9 cm³/mol. The number of unbranched alkanes of at least 4 members (excludes halogenated alkanes) is 3. The van der Waals surface area contributed by atoms with Crippen LogP contribution in [0.5, 0.6) is 0 Å². The second-order valence-electron chi connectivity index (χ2n) is 6.66. The van der Waals surface area contributed by atoms with E-state index in [1.165, 1.54) is 71.0 Å². The molecule has 1 N–H and O–H groups in total. The van der Waals surface area contributed by atoms with E-state index in [4.69, 9.17) is 0 Å². The van der Waals surface area contributed by atoms with Gasteiger partial charge in [0.25, 0.3) is 0 Å². The Morgan fingerprint density at radius 1 is 1.00 bits per heavy atom. The van der Waals surface area contributed by atoms with E-state index in [-0.39, 0.29) is 0 Å². The van der Waals surface area contributed by atoms with Crippen molar-refractivity contribution >= 4 is 0 Å². The Labute approximate surface area is 114 Å². The molecule has 0 aromatic heterocycles. The zero-order valence-electron chi connectivity index (χ0n) is 12.5. The Kier molecular flexibility index (Phi) is 5.97. The van der Waals surface area contributed by atoms with Gasteiger partial charge in [-0.1, -0.05) is 19.8 Å². The fourth-order valence-electron chi connectivity index (χ4n) is 3.18. The number of piperidine rings is 1. The van der Waals surface area contributed by atoms with Crippen LogP contribution >= 0.6 is 0 Å². The molecule has 2 unspecified atom stereocenters. The van der Waals surface area contributed by atoms with Crippen LogP contribution in [0.4, 0.5) is 0 Å². The predicted octanol–water partition coefficient (Wildman–Crippen LogP) is 3.42. The van der Waals surface area contributed by atoms with Crippen molar-refractivity contribution in [2.45, 2.75) is 77.3 Å². The molecule has 18 heavy (non-hydrogen) atoms. The summed E-state index contributed by atoms with van der Waals surface area (Å²) in [6, 6.07) is 1.71. The van der Waals surface area contributed by atoms with Crippen molar-refractivity contribution in [1.29, 1.82) is 0 Å². The van der Waals surface area contributed by atoms with Gasteiger partial charge in [-0.25, -0.2) is 0 Å². The second kappa shape index (κ2) is 7.49. The molecule has 0 aromatic carbocycles. The minimum absolute atomic E-state index is 0.824. The molecule has 2 heteroatoms. The van der Waals surface area contributed by atoms with Gasteiger partial charge in [0, 0.05) is 12.1 Å². The maximum atomic E-state index is 3.60. The Bertz CT molecular complexity index is 225. The summed E-state index contributed by atoms with van der Waals surface area (Å²) in [7, 11) is 0. The van der Waals surface area contributed by atoms with Crippen molar-refractivity contribution in [2.75, 3.05) is 19.6 Å². The van der Waals surface area contributed by atoms with Crippen LogP contribution in [-0.4, -0.2) is 36.6 Å². The molecule has 2 nitrogen and oxygen atoms in total. The number of rotatable bonds is 8. The lowest BCUT2D eigenvalue weighted by Crippen LogP contribution is -2.40. The molecule has 0 radical (unpaired) electrons. The van der Waals surface area contributed by atoms with E-state index < -0.39 is 0 Å². The van der Waals surface area contributed by atoms with E-state index in [1.807, 2.05) is 0 Å². The number of nitrogens with one attached hydrogen (secondary N) is 1. The molecule has 106 valence electrons. The van der Waals surface area contributed by atoms with E-state index >= 15 is 0 Å². The Morgan fingerprint density at radius 2 is 1.78 bits per heavy atom. The Morgan fingerprint density at radius 3 is 2.50 bits per heavy atom. The monoisotopic (exact) mass is 252 g/mol. The third kappa shape index (κ3) is 5.27. The molecule has 1 aliphatic heterocycles. The molecular formula is C16H32N2. The molecule has 1 saturated carbocycles. The van der Waals surface area contributed by atoms with Crippen LogP contribution in [0.1, 0.15) is 65.2 Å². The maximum absolute atomic E-state index is 3.60. The Balaban J connectivity index is 1.42. The molecule has 0 aromatic rings. The molecule has 0 spiro atoms. The van der Waals surface area contributed by atoms with Crippen molar-refractivity contribution in [2.24, 2.45) is 5.92 Å². The lowest BCUT2D eigenvalue weighted by atomic mass is 9.93. The molecule has 2 rings (SSSR count). The summed E-state index contributed by atoms with van der Waals surface area (Å²) >= 11 is 0. The van der Waals surface area contributed by atoms with Crippen molar-refractivity contribution in [3.8, 4) is 0 Å². The van der Waals surface area contributed by atoms with Crippen LogP contribution in [0.25, 0.3) is 0 Å². The van der Waals surface area contributed by atoms with Gasteiger partial charge in [-0.15, -0.1) is 0 Å². The van der Waals surface area contributed by atoms with Crippen LogP contribution < -0.4 is 5.32 Å². The highest BCUT2D eigenvalue weighted by atomic mass is 15.2. The smallest absolute Gasteiger partial charge is 0.00694 e. The summed E-state index contributed by atoms with van der Waals surface area (Å²) in [6.45, 7) is 8.74. The van der Waals surface area contributed by atoms with E-state index in [0.717, 1.165) is 18.0 Å². The molecule has 1 heterocycles. The normalized spacial score (nSPS) is 29.7. The number of hydrogen-bond donors (Lipinski definition) is 1. The second-order valence-corrected chi connectivity index (χ2v) is 6.66. The van der Waals surface area contributed by atoms with Crippen LogP contribution in [0.2, 0.25) is 0 Å². The minimum Gasteiger partial charge on any atom is -0.314 e. The molecule has 2 fully saturated rings. The molecule has 2 atom stereocenters. The van der Waals surface area contributed by atoms with E-state index in [1.54, 1.807) is 0 Å². The van der Waals surface area contributed by atoms with Gasteiger partial charge >= 0.3 is 0 Å². The highest BCUT2D eigenvalue weighted by molar-refractivity contribution is 4.80. The molecule has 1 aliphatic carbocycles. The first kappa shape index (κ1) is 14.3. The molecular weight excluding hydrogens is 220 g/mol. The zero-order valence-corrected chi connectivity index (χ0v) is 12.5. The van der Waals surface area contributed by atoms with Gasteiger partial charge in [-0.3, -0.25) is 0 Å². The van der Waals surface area contributed by atoms with E-state index in [0.29, 0.717) is 0 Å². The van der Waals surface area contributed by atoms with Crippen molar-refractivity contribution in [3.63, 3.8) is 0 Å². The molecule has 2 aliphatic rings. The van der Waals surface area contributed by atoms with Gasteiger partial charge in [-0.05, 0) is 71.0 Å². The average molecular weight is 252 g/mol. The highest BCUT2D eigenvalue weighted by Crippen LogP contribution is 2.22. The summed E-state index contributed by atoms with van der Waals surface area (Å²) < 4.78 is 0. The van der Waals surface area contributed by atoms with Crippen LogP contribution in [0.15, 0.2) is 0 Å². The molecule has 0 bridgehead atoms. The van der Waals surface area contributed by atoms with Gasteiger partial charge in [-0.2, -0.15) is 0 Å². The first-order chi connectivity index (χ1) is 8.75. The highest BCUT2D eigenvalue weighted by Gasteiger charge is 2.22. The zero-order chi connectivity index (χ0) is 12.8. The lowest BCUT2D eigenvalue weighted by molar-refractivity contribution is 0.127. The van der Waals surface area contributed by atoms with Crippen molar-refractivity contribution < 1.29 is 0 Å². The molecule has 1 saturated heterocycles. The van der Waals surface area contributed by atoms with Gasteiger partial charge in [0.15, 0.2) is 0 Å². The average Bonchev–Trinajstić information content (AvgIpc) is 3.14. The number of likely N-dealkylation sites (tertiary alicyclic amines) is 1. The van der Waals surface area contributed by atoms with Gasteiger partial charge in [0.2, 0.25) is 0 Å². The van der Waals surface area contributed by atoms with Crippen LogP contribution in [-0.2, 0) is 0 Å². The quantitative estimate of drug-likeness (QED) is 0.666. The topological polar surface area (TPSA) is 15.3 Å². The first-order valence-electron chi connectivity index (χ1n) is 8.23. The summed E-state index contributed by atoms with van der Waals surface area (Å²) in [6.07, 6.45) is 11.3. The van der Waals surface area contributed by atoms with Crippen LogP contribution in [0, 0.1) is 5.92 Å². The van der Waals surface area contributed by atoms with Crippen molar-refractivity contribution in [1.82, 2.24) is 10.2 Å². The van der Waals surface area contributed by atoms with Crippen LogP contribution in [0.3, 0.4) is 0 Å². The summed E-state index contributed by atoms with van der Waals surface area (Å²) in [5.41, 5.74) is 0. The maximum Gasteiger partial charge on any atom is 0.00694 e. The van der Waals surface area contributed by atoms with Gasteiger partial charge in [0.05, 0.1) is 0 Å². The molecule has 0 amide bonds. The lowest BCUT2D eigenvalue weighted by Gasteiger charge is -2.36. The fourth-order valence-corrected chi connectivity index (χ4v) is 3.18. The fraction of sp³-hybridized carbons (Fsp3) is 1.00. The largest absolute Gasteiger partial charge is 0.314 e. The number of nitrogens with zero attached hydrogens (tertiary/aromatic N) is 1. The SMILES string of the molecule is CC1CCN(CCCCCCNC2CC2)C(C)C1. The summed E-state index contributed by atoms with van der Waals surface area (Å²) in [4.78, 5) is 2.71. The third-order valence-corrected chi connectivity index (χ3v) is 4.66. The van der Waals surface area contributed by atoms with Crippen molar-refractivity contribution in [3.05, 3.63) is 0 Å². The number of hydrogen-bond acceptors (Lipinski definition) is 2. The first-order valence-corrected chi connectivity index (χ1v) is 8.23. The van der Waals surface area contributed by atoms with E-state index in [9.17, 15) is 0 Å². The summed E-state index contributed by atoms with van der Waals surface area (Å²) in [5, 5.41) is 3.60. The third-order valence-electron chi connectivity index (χ3n) is 4.66. The Hall–Kier alpha value is -0.0800. The standard InChI is InChI=1S/C16H32N2/c1-14-9-12-18(15(2)13-14)11-6-4-3-5-10-17-16-7-8-16/h14-17H,3-13H2,1-2H3. The van der Waals surface area contributed by atoms with E-state index in [2.05, 4.69) is 24.1 Å². The van der Waals surface area contributed by atoms with Gasteiger partial charge in [0.1, 0.15) is 0 Å². The summed E-state index contributed by atoms with van der Waals surface area (Å²) in [5.74, 6) is 0.949.